The smallest absolute Gasteiger partial charge is 0.306 e. The van der Waals surface area contributed by atoms with Crippen molar-refractivity contribution in [3.05, 3.63) is 0 Å². The third kappa shape index (κ3) is 7.59. The van der Waals surface area contributed by atoms with Gasteiger partial charge in [0.1, 0.15) is 0 Å². The van der Waals surface area contributed by atoms with Crippen molar-refractivity contribution in [2.24, 2.45) is 11.8 Å². The van der Waals surface area contributed by atoms with E-state index in [2.05, 4.69) is 6.92 Å². The van der Waals surface area contributed by atoms with Crippen molar-refractivity contribution < 1.29 is 9.90 Å². The van der Waals surface area contributed by atoms with Crippen LogP contribution in [0.4, 0.5) is 0 Å². The Morgan fingerprint density at radius 1 is 1.05 bits per heavy atom. The van der Waals surface area contributed by atoms with Crippen molar-refractivity contribution in [3.8, 4) is 0 Å². The first kappa shape index (κ1) is 16.5. The lowest BCUT2D eigenvalue weighted by Crippen LogP contribution is -2.19. The Hall–Kier alpha value is -0.530. The molecule has 0 aromatic heterocycles. The summed E-state index contributed by atoms with van der Waals surface area (Å²) < 4.78 is 0. The lowest BCUT2D eigenvalue weighted by Gasteiger charge is -2.24. The van der Waals surface area contributed by atoms with Gasteiger partial charge in [0.15, 0.2) is 0 Å². The molecule has 0 heterocycles. The summed E-state index contributed by atoms with van der Waals surface area (Å²) in [5.41, 5.74) is 0. The Kier molecular flexibility index (Phi) is 8.94. The van der Waals surface area contributed by atoms with Gasteiger partial charge in [0.25, 0.3) is 0 Å². The molecule has 1 aliphatic carbocycles. The first-order chi connectivity index (χ1) is 9.24. The highest BCUT2D eigenvalue weighted by molar-refractivity contribution is 5.69. The van der Waals surface area contributed by atoms with E-state index in [9.17, 15) is 9.90 Å². The van der Waals surface area contributed by atoms with Crippen LogP contribution in [0.5, 0.6) is 0 Å². The summed E-state index contributed by atoms with van der Waals surface area (Å²) >= 11 is 0. The Labute approximate surface area is 119 Å². The SMILES string of the molecule is CCCCCCCCC(CC1CCCCC1)C(=O)O. The highest BCUT2D eigenvalue weighted by atomic mass is 16.4. The predicted molar refractivity (Wildman–Crippen MR) is 80.3 cm³/mol. The number of hydrogen-bond donors (Lipinski definition) is 1. The minimum Gasteiger partial charge on any atom is -0.481 e. The minimum atomic E-state index is -0.556. The van der Waals surface area contributed by atoms with Gasteiger partial charge in [0.2, 0.25) is 0 Å². The molecule has 1 atom stereocenters. The molecular weight excluding hydrogens is 236 g/mol. The van der Waals surface area contributed by atoms with Crippen molar-refractivity contribution in [1.82, 2.24) is 0 Å². The van der Waals surface area contributed by atoms with Gasteiger partial charge < -0.3 is 5.11 Å². The van der Waals surface area contributed by atoms with Gasteiger partial charge in [-0.05, 0) is 18.8 Å². The lowest BCUT2D eigenvalue weighted by atomic mass is 9.81. The number of carboxylic acid groups (broad SMARTS) is 1. The molecule has 0 saturated heterocycles. The van der Waals surface area contributed by atoms with E-state index in [0.717, 1.165) is 19.3 Å². The third-order valence-electron chi connectivity index (χ3n) is 4.60. The van der Waals surface area contributed by atoms with E-state index in [1.165, 1.54) is 64.2 Å². The molecule has 0 spiro atoms. The summed E-state index contributed by atoms with van der Waals surface area (Å²) in [4.78, 5) is 11.3. The first-order valence-electron chi connectivity index (χ1n) is 8.46. The molecule has 1 fully saturated rings. The summed E-state index contributed by atoms with van der Waals surface area (Å²) in [7, 11) is 0. The Bertz CT molecular complexity index is 231. The number of carbonyl (C=O) groups is 1. The summed E-state index contributed by atoms with van der Waals surface area (Å²) in [6.07, 6.45) is 15.9. The minimum absolute atomic E-state index is 0.0747. The topological polar surface area (TPSA) is 37.3 Å². The zero-order valence-electron chi connectivity index (χ0n) is 12.7. The van der Waals surface area contributed by atoms with Crippen LogP contribution in [0.3, 0.4) is 0 Å². The maximum Gasteiger partial charge on any atom is 0.306 e. The van der Waals surface area contributed by atoms with Crippen LogP contribution >= 0.6 is 0 Å². The standard InChI is InChI=1S/C17H32O2/c1-2-3-4-5-6-10-13-16(17(18)19)14-15-11-8-7-9-12-15/h15-16H,2-14H2,1H3,(H,18,19). The molecule has 0 aromatic carbocycles. The van der Waals surface area contributed by atoms with Crippen molar-refractivity contribution in [3.63, 3.8) is 0 Å². The van der Waals surface area contributed by atoms with Crippen LogP contribution in [0.15, 0.2) is 0 Å². The molecule has 2 nitrogen and oxygen atoms in total. The molecule has 1 saturated carbocycles. The Morgan fingerprint density at radius 2 is 1.68 bits per heavy atom. The molecule has 0 radical (unpaired) electrons. The molecule has 19 heavy (non-hydrogen) atoms. The van der Waals surface area contributed by atoms with E-state index in [-0.39, 0.29) is 5.92 Å². The number of aliphatic carboxylic acids is 1. The Balaban J connectivity index is 2.15. The van der Waals surface area contributed by atoms with Gasteiger partial charge in [-0.3, -0.25) is 4.79 Å². The van der Waals surface area contributed by atoms with Crippen LogP contribution in [0.2, 0.25) is 0 Å². The van der Waals surface area contributed by atoms with Gasteiger partial charge in [0.05, 0.1) is 5.92 Å². The molecule has 1 unspecified atom stereocenters. The molecule has 0 aromatic rings. The summed E-state index contributed by atoms with van der Waals surface area (Å²) in [6, 6.07) is 0. The van der Waals surface area contributed by atoms with Gasteiger partial charge in [-0.25, -0.2) is 0 Å². The molecule has 1 aliphatic rings. The molecule has 2 heteroatoms. The molecule has 1 N–H and O–H groups in total. The van der Waals surface area contributed by atoms with Crippen LogP contribution < -0.4 is 0 Å². The quantitative estimate of drug-likeness (QED) is 0.538. The molecule has 1 rings (SSSR count). The maximum atomic E-state index is 11.3. The van der Waals surface area contributed by atoms with Crippen molar-refractivity contribution in [1.29, 1.82) is 0 Å². The first-order valence-corrected chi connectivity index (χ1v) is 8.46. The third-order valence-corrected chi connectivity index (χ3v) is 4.60. The zero-order valence-corrected chi connectivity index (χ0v) is 12.7. The van der Waals surface area contributed by atoms with E-state index < -0.39 is 5.97 Å². The lowest BCUT2D eigenvalue weighted by molar-refractivity contribution is -0.142. The normalized spacial score (nSPS) is 18.4. The van der Waals surface area contributed by atoms with Crippen molar-refractivity contribution in [2.75, 3.05) is 0 Å². The van der Waals surface area contributed by atoms with Gasteiger partial charge in [0, 0.05) is 0 Å². The highest BCUT2D eigenvalue weighted by Crippen LogP contribution is 2.31. The summed E-state index contributed by atoms with van der Waals surface area (Å²) in [5.74, 6) is 0.0587. The fraction of sp³-hybridized carbons (Fsp3) is 0.941. The monoisotopic (exact) mass is 268 g/mol. The second-order valence-corrected chi connectivity index (χ2v) is 6.33. The largest absolute Gasteiger partial charge is 0.481 e. The zero-order chi connectivity index (χ0) is 13.9. The summed E-state index contributed by atoms with van der Waals surface area (Å²) in [5, 5.41) is 9.34. The fourth-order valence-electron chi connectivity index (χ4n) is 3.34. The van der Waals surface area contributed by atoms with Gasteiger partial charge >= 0.3 is 5.97 Å². The van der Waals surface area contributed by atoms with E-state index in [1.54, 1.807) is 0 Å². The molecule has 0 amide bonds. The van der Waals surface area contributed by atoms with E-state index in [4.69, 9.17) is 0 Å². The maximum absolute atomic E-state index is 11.3. The highest BCUT2D eigenvalue weighted by Gasteiger charge is 2.23. The molecular formula is C17H32O2. The number of carboxylic acids is 1. The van der Waals surface area contributed by atoms with E-state index in [1.807, 2.05) is 0 Å². The van der Waals surface area contributed by atoms with Gasteiger partial charge in [-0.2, -0.15) is 0 Å². The van der Waals surface area contributed by atoms with Gasteiger partial charge in [-0.1, -0.05) is 77.6 Å². The number of unbranched alkanes of at least 4 members (excludes halogenated alkanes) is 5. The second kappa shape index (κ2) is 10.3. The average molecular weight is 268 g/mol. The van der Waals surface area contributed by atoms with E-state index >= 15 is 0 Å². The number of rotatable bonds is 10. The van der Waals surface area contributed by atoms with Crippen molar-refractivity contribution in [2.45, 2.75) is 90.4 Å². The predicted octanol–water partition coefficient (Wildman–Crippen LogP) is 5.41. The number of hydrogen-bond acceptors (Lipinski definition) is 1. The second-order valence-electron chi connectivity index (χ2n) is 6.33. The van der Waals surface area contributed by atoms with Crippen LogP contribution in [0.25, 0.3) is 0 Å². The van der Waals surface area contributed by atoms with Gasteiger partial charge in [-0.15, -0.1) is 0 Å². The Morgan fingerprint density at radius 3 is 2.32 bits per heavy atom. The van der Waals surface area contributed by atoms with Crippen LogP contribution in [-0.4, -0.2) is 11.1 Å². The van der Waals surface area contributed by atoms with Crippen molar-refractivity contribution >= 4 is 5.97 Å². The molecule has 0 bridgehead atoms. The van der Waals surface area contributed by atoms with E-state index in [0.29, 0.717) is 5.92 Å². The molecule has 0 aliphatic heterocycles. The van der Waals surface area contributed by atoms with Crippen LogP contribution in [-0.2, 0) is 4.79 Å². The van der Waals surface area contributed by atoms with Crippen LogP contribution in [0, 0.1) is 11.8 Å². The summed E-state index contributed by atoms with van der Waals surface area (Å²) in [6.45, 7) is 2.23. The molecule has 112 valence electrons. The fourth-order valence-corrected chi connectivity index (χ4v) is 3.34. The van der Waals surface area contributed by atoms with Crippen LogP contribution in [0.1, 0.15) is 90.4 Å². The average Bonchev–Trinajstić information content (AvgIpc) is 2.42.